The highest BCUT2D eigenvalue weighted by Crippen LogP contribution is 2.23. The lowest BCUT2D eigenvalue weighted by atomic mass is 10.2. The number of amides is 1. The molecule has 1 amide bonds. The predicted molar refractivity (Wildman–Crippen MR) is 93.9 cm³/mol. The van der Waals surface area contributed by atoms with Crippen molar-refractivity contribution in [2.24, 2.45) is 0 Å². The lowest BCUT2D eigenvalue weighted by Crippen LogP contribution is -2.23. The zero-order valence-corrected chi connectivity index (χ0v) is 13.5. The maximum absolute atomic E-state index is 12.5. The molecule has 0 unspecified atom stereocenters. The summed E-state index contributed by atoms with van der Waals surface area (Å²) in [6, 6.07) is 13.7. The van der Waals surface area contributed by atoms with E-state index in [0.717, 1.165) is 21.8 Å². The van der Waals surface area contributed by atoms with Crippen molar-refractivity contribution in [2.75, 3.05) is 0 Å². The summed E-state index contributed by atoms with van der Waals surface area (Å²) in [5.74, 6) is -0.116. The molecule has 0 aliphatic carbocycles. The first-order valence-corrected chi connectivity index (χ1v) is 8.38. The van der Waals surface area contributed by atoms with Gasteiger partial charge in [-0.3, -0.25) is 14.2 Å². The Bertz CT molecular complexity index is 976. The number of rotatable bonds is 4. The molecule has 0 bridgehead atoms. The third-order valence-corrected chi connectivity index (χ3v) is 4.55. The smallest absolute Gasteiger partial charge is 0.269 e. The van der Waals surface area contributed by atoms with Gasteiger partial charge in [0.1, 0.15) is 5.69 Å². The van der Waals surface area contributed by atoms with Crippen LogP contribution in [0.2, 0.25) is 0 Å². The van der Waals surface area contributed by atoms with E-state index < -0.39 is 0 Å². The summed E-state index contributed by atoms with van der Waals surface area (Å²) < 4.78 is 1.84. The van der Waals surface area contributed by atoms with Crippen molar-refractivity contribution < 1.29 is 4.79 Å². The first-order valence-electron chi connectivity index (χ1n) is 7.50. The number of carbonyl (C=O) groups excluding carboxylic acids is 1. The minimum Gasteiger partial charge on any atom is -0.347 e. The molecule has 118 valence electrons. The second-order valence-corrected chi connectivity index (χ2v) is 6.14. The van der Waals surface area contributed by atoms with Crippen molar-refractivity contribution in [3.8, 4) is 11.3 Å². The Morgan fingerprint density at radius 2 is 1.92 bits per heavy atom. The molecule has 0 saturated carbocycles. The van der Waals surface area contributed by atoms with E-state index >= 15 is 0 Å². The highest BCUT2D eigenvalue weighted by molar-refractivity contribution is 7.15. The van der Waals surface area contributed by atoms with Crippen molar-refractivity contribution in [2.45, 2.75) is 6.54 Å². The molecule has 3 aromatic heterocycles. The van der Waals surface area contributed by atoms with E-state index in [9.17, 15) is 4.79 Å². The van der Waals surface area contributed by atoms with Crippen LogP contribution >= 0.6 is 11.3 Å². The summed E-state index contributed by atoms with van der Waals surface area (Å²) in [5.41, 5.74) is 3.52. The quantitative estimate of drug-likeness (QED) is 0.622. The van der Waals surface area contributed by atoms with E-state index in [1.54, 1.807) is 12.4 Å². The van der Waals surface area contributed by atoms with Gasteiger partial charge in [-0.1, -0.05) is 30.3 Å². The summed E-state index contributed by atoms with van der Waals surface area (Å²) in [5, 5.41) is 4.77. The number of carbonyl (C=O) groups is 1. The molecule has 4 rings (SSSR count). The minimum absolute atomic E-state index is 0.116. The van der Waals surface area contributed by atoms with Gasteiger partial charge in [0.05, 0.1) is 5.69 Å². The van der Waals surface area contributed by atoms with Crippen LogP contribution in [0.4, 0.5) is 0 Å². The van der Waals surface area contributed by atoms with Crippen LogP contribution in [0.3, 0.4) is 0 Å². The van der Waals surface area contributed by atoms with Crippen LogP contribution in [0.1, 0.15) is 16.1 Å². The number of fused-ring (bicyclic) bond motifs is 1. The maximum atomic E-state index is 12.5. The lowest BCUT2D eigenvalue weighted by molar-refractivity contribution is 0.0945. The Hall–Kier alpha value is -2.99. The molecule has 5 nitrogen and oxygen atoms in total. The van der Waals surface area contributed by atoms with Crippen molar-refractivity contribution in [1.29, 1.82) is 0 Å². The summed E-state index contributed by atoms with van der Waals surface area (Å²) in [7, 11) is 0. The molecule has 0 atom stereocenters. The van der Waals surface area contributed by atoms with Crippen molar-refractivity contribution in [3.63, 3.8) is 0 Å². The number of hydrogen-bond donors (Lipinski definition) is 1. The van der Waals surface area contributed by atoms with Crippen molar-refractivity contribution >= 4 is 22.2 Å². The normalized spacial score (nSPS) is 10.8. The second kappa shape index (κ2) is 6.25. The predicted octanol–water partition coefficient (Wildman–Crippen LogP) is 3.39. The Balaban J connectivity index is 1.58. The molecule has 24 heavy (non-hydrogen) atoms. The SMILES string of the molecule is O=C(NCc1ccncc1)c1csc2nc(-c3ccccc3)cn12. The van der Waals surface area contributed by atoms with E-state index in [4.69, 9.17) is 0 Å². The molecule has 0 saturated heterocycles. The molecular formula is C18H14N4OS. The van der Waals surface area contributed by atoms with Gasteiger partial charge in [-0.25, -0.2) is 4.98 Å². The van der Waals surface area contributed by atoms with Gasteiger partial charge >= 0.3 is 0 Å². The summed E-state index contributed by atoms with van der Waals surface area (Å²) in [6.45, 7) is 0.471. The second-order valence-electron chi connectivity index (χ2n) is 5.30. The van der Waals surface area contributed by atoms with Gasteiger partial charge in [-0.15, -0.1) is 11.3 Å². The fraction of sp³-hybridized carbons (Fsp3) is 0.0556. The molecule has 4 aromatic rings. The number of thiazole rings is 1. The van der Waals surface area contributed by atoms with E-state index in [2.05, 4.69) is 15.3 Å². The lowest BCUT2D eigenvalue weighted by Gasteiger charge is -2.04. The highest BCUT2D eigenvalue weighted by Gasteiger charge is 2.14. The van der Waals surface area contributed by atoms with Crippen LogP contribution in [0.5, 0.6) is 0 Å². The Morgan fingerprint density at radius 3 is 2.71 bits per heavy atom. The maximum Gasteiger partial charge on any atom is 0.269 e. The van der Waals surface area contributed by atoms with Crippen molar-refractivity contribution in [3.05, 3.63) is 77.7 Å². The average Bonchev–Trinajstić information content (AvgIpc) is 3.22. The Kier molecular flexibility index (Phi) is 3.80. The Labute approximate surface area is 142 Å². The van der Waals surface area contributed by atoms with Crippen LogP contribution in [0.15, 0.2) is 66.4 Å². The third kappa shape index (κ3) is 2.79. The summed E-state index contributed by atoms with van der Waals surface area (Å²) in [4.78, 5) is 21.8. The molecule has 1 aromatic carbocycles. The van der Waals surface area contributed by atoms with Gasteiger partial charge in [0.15, 0.2) is 4.96 Å². The van der Waals surface area contributed by atoms with E-state index in [1.807, 2.05) is 58.4 Å². The van der Waals surface area contributed by atoms with Crippen LogP contribution in [0, 0.1) is 0 Å². The number of aromatic nitrogens is 3. The van der Waals surface area contributed by atoms with Gasteiger partial charge < -0.3 is 5.32 Å². The van der Waals surface area contributed by atoms with Gasteiger partial charge in [0.2, 0.25) is 0 Å². The zero-order chi connectivity index (χ0) is 16.4. The number of benzene rings is 1. The molecule has 0 aliphatic rings. The largest absolute Gasteiger partial charge is 0.347 e. The molecule has 0 spiro atoms. The third-order valence-electron chi connectivity index (χ3n) is 3.71. The first-order chi connectivity index (χ1) is 11.8. The standard InChI is InChI=1S/C18H14N4OS/c23-17(20-10-13-6-8-19-9-7-13)16-12-24-18-21-15(11-22(16)18)14-4-2-1-3-5-14/h1-9,11-12H,10H2,(H,20,23). The van der Waals surface area contributed by atoms with Crippen LogP contribution in [-0.2, 0) is 6.54 Å². The van der Waals surface area contributed by atoms with Gasteiger partial charge in [-0.2, -0.15) is 0 Å². The fourth-order valence-corrected chi connectivity index (χ4v) is 3.32. The molecule has 0 aliphatic heterocycles. The van der Waals surface area contributed by atoms with Crippen LogP contribution < -0.4 is 5.32 Å². The van der Waals surface area contributed by atoms with Gasteiger partial charge in [-0.05, 0) is 17.7 Å². The fourth-order valence-electron chi connectivity index (χ4n) is 2.47. The number of imidazole rings is 1. The molecule has 3 heterocycles. The molecule has 1 N–H and O–H groups in total. The number of hydrogen-bond acceptors (Lipinski definition) is 4. The van der Waals surface area contributed by atoms with E-state index in [0.29, 0.717) is 12.2 Å². The van der Waals surface area contributed by atoms with Crippen molar-refractivity contribution in [1.82, 2.24) is 19.7 Å². The average molecular weight is 334 g/mol. The molecular weight excluding hydrogens is 320 g/mol. The zero-order valence-electron chi connectivity index (χ0n) is 12.7. The van der Waals surface area contributed by atoms with E-state index in [1.165, 1.54) is 11.3 Å². The monoisotopic (exact) mass is 334 g/mol. The molecule has 6 heteroatoms. The first kappa shape index (κ1) is 14.6. The van der Waals surface area contributed by atoms with Gasteiger partial charge in [0, 0.05) is 36.1 Å². The minimum atomic E-state index is -0.116. The number of nitrogens with zero attached hydrogens (tertiary/aromatic N) is 3. The molecule has 0 radical (unpaired) electrons. The molecule has 0 fully saturated rings. The van der Waals surface area contributed by atoms with Crippen LogP contribution in [0.25, 0.3) is 16.2 Å². The summed E-state index contributed by atoms with van der Waals surface area (Å²) in [6.07, 6.45) is 5.33. The number of pyridine rings is 1. The van der Waals surface area contributed by atoms with Crippen LogP contribution in [-0.4, -0.2) is 20.3 Å². The number of nitrogens with one attached hydrogen (secondary N) is 1. The topological polar surface area (TPSA) is 59.3 Å². The van der Waals surface area contributed by atoms with Gasteiger partial charge in [0.25, 0.3) is 5.91 Å². The summed E-state index contributed by atoms with van der Waals surface area (Å²) >= 11 is 1.46. The Morgan fingerprint density at radius 1 is 1.12 bits per heavy atom. The highest BCUT2D eigenvalue weighted by atomic mass is 32.1. The van der Waals surface area contributed by atoms with E-state index in [-0.39, 0.29) is 5.91 Å².